The topological polar surface area (TPSA) is 147 Å². The molecule has 148 valence electrons. The fourth-order valence-electron chi connectivity index (χ4n) is 2.60. The number of benzene rings is 1. The van der Waals surface area contributed by atoms with E-state index in [-0.39, 0.29) is 33.8 Å². The molecule has 0 atom stereocenters. The van der Waals surface area contributed by atoms with E-state index in [1.54, 1.807) is 19.1 Å². The quantitative estimate of drug-likeness (QED) is 0.660. The zero-order valence-electron chi connectivity index (χ0n) is 15.6. The van der Waals surface area contributed by atoms with Gasteiger partial charge >= 0.3 is 5.69 Å². The molecule has 0 aliphatic rings. The van der Waals surface area contributed by atoms with Gasteiger partial charge < -0.3 is 4.74 Å². The smallest absolute Gasteiger partial charge is 0.349 e. The van der Waals surface area contributed by atoms with Crippen LogP contribution in [0.15, 0.2) is 32.6 Å². The van der Waals surface area contributed by atoms with Gasteiger partial charge in [-0.05, 0) is 30.5 Å². The molecule has 0 aliphatic carbocycles. The van der Waals surface area contributed by atoms with Gasteiger partial charge in [-0.1, -0.05) is 25.4 Å². The molecule has 10 nitrogen and oxygen atoms in total. The lowest BCUT2D eigenvalue weighted by Gasteiger charge is -2.13. The van der Waals surface area contributed by atoms with Crippen molar-refractivity contribution in [2.45, 2.75) is 26.7 Å². The molecule has 2 heterocycles. The first kappa shape index (κ1) is 20.0. The maximum Gasteiger partial charge on any atom is 0.349 e. The van der Waals surface area contributed by atoms with Crippen molar-refractivity contribution in [2.24, 2.45) is 0 Å². The van der Waals surface area contributed by atoms with Crippen LogP contribution < -0.4 is 21.5 Å². The Kier molecular flexibility index (Phi) is 5.34. The van der Waals surface area contributed by atoms with Crippen LogP contribution in [-0.2, 0) is 0 Å². The lowest BCUT2D eigenvalue weighted by Crippen LogP contribution is -2.33. The van der Waals surface area contributed by atoms with Gasteiger partial charge in [0.2, 0.25) is 11.6 Å². The molecule has 0 saturated heterocycles. The molecule has 0 bridgehead atoms. The highest BCUT2D eigenvalue weighted by Gasteiger charge is 2.15. The second-order valence-corrected chi connectivity index (χ2v) is 6.86. The first-order chi connectivity index (χ1) is 13.7. The number of aromatic amines is 2. The highest BCUT2D eigenvalue weighted by molar-refractivity contribution is 6.32. The van der Waals surface area contributed by atoms with Crippen LogP contribution >= 0.6 is 11.6 Å². The Morgan fingerprint density at radius 2 is 1.93 bits per heavy atom. The monoisotopic (exact) mass is 414 g/mol. The number of hydrogen-bond donors (Lipinski definition) is 2. The maximum atomic E-state index is 12.1. The molecule has 29 heavy (non-hydrogen) atoms. The van der Waals surface area contributed by atoms with E-state index < -0.39 is 16.9 Å². The molecule has 0 spiro atoms. The molecule has 0 saturated carbocycles. The van der Waals surface area contributed by atoms with Gasteiger partial charge in [0.05, 0.1) is 10.7 Å². The number of H-pyrrole nitrogens is 2. The number of rotatable bonds is 4. The molecule has 0 radical (unpaired) electrons. The molecule has 11 heteroatoms. The molecule has 3 rings (SSSR count). The molecular formula is C18H15ClN6O4. The van der Waals surface area contributed by atoms with Crippen LogP contribution in [0.2, 0.25) is 5.02 Å². The van der Waals surface area contributed by atoms with Crippen molar-refractivity contribution in [3.63, 3.8) is 0 Å². The molecule has 0 fully saturated rings. The number of nitrogens with one attached hydrogen (secondary N) is 2. The SMILES string of the molecule is Cc1cc(-n2nc(C#N)c(=O)[nH]c2=O)cc(Cl)c1Oc1cc(C(C)C)c(=O)[nH]n1. The molecule has 0 aliphatic heterocycles. The largest absolute Gasteiger partial charge is 0.436 e. The minimum Gasteiger partial charge on any atom is -0.436 e. The van der Waals surface area contributed by atoms with Gasteiger partial charge in [0.1, 0.15) is 6.07 Å². The van der Waals surface area contributed by atoms with E-state index in [2.05, 4.69) is 15.3 Å². The number of aryl methyl sites for hydroxylation is 1. The standard InChI is InChI=1S/C18H15ClN6O4/c1-8(2)11-6-14(22-23-16(11)26)29-15-9(3)4-10(5-12(15)19)25-18(28)21-17(27)13(7-20)24-25/h4-6,8H,1-3H3,(H,23,26)(H,21,27,28). The van der Waals surface area contributed by atoms with Crippen LogP contribution in [0.5, 0.6) is 11.6 Å². The summed E-state index contributed by atoms with van der Waals surface area (Å²) in [6.07, 6.45) is 0. The van der Waals surface area contributed by atoms with Gasteiger partial charge in [-0.25, -0.2) is 9.89 Å². The second kappa shape index (κ2) is 7.73. The minimum absolute atomic E-state index is 0.0319. The van der Waals surface area contributed by atoms with E-state index in [9.17, 15) is 14.4 Å². The highest BCUT2D eigenvalue weighted by atomic mass is 35.5. The predicted molar refractivity (Wildman–Crippen MR) is 104 cm³/mol. The third kappa shape index (κ3) is 3.95. The Labute approximate surface area is 168 Å². The average Bonchev–Trinajstić information content (AvgIpc) is 2.65. The first-order valence-electron chi connectivity index (χ1n) is 8.43. The summed E-state index contributed by atoms with van der Waals surface area (Å²) in [6.45, 7) is 5.42. The van der Waals surface area contributed by atoms with Gasteiger partial charge in [0, 0.05) is 11.6 Å². The van der Waals surface area contributed by atoms with Crippen molar-refractivity contribution >= 4 is 11.6 Å². The minimum atomic E-state index is -0.873. The van der Waals surface area contributed by atoms with Crippen LogP contribution in [0.25, 0.3) is 5.69 Å². The molecule has 0 amide bonds. The lowest BCUT2D eigenvalue weighted by atomic mass is 10.1. The molecule has 2 aromatic heterocycles. The Bertz CT molecular complexity index is 1290. The summed E-state index contributed by atoms with van der Waals surface area (Å²) >= 11 is 6.32. The zero-order chi connectivity index (χ0) is 21.3. The van der Waals surface area contributed by atoms with Crippen LogP contribution in [0.4, 0.5) is 0 Å². The van der Waals surface area contributed by atoms with Crippen molar-refractivity contribution in [1.29, 1.82) is 5.26 Å². The van der Waals surface area contributed by atoms with Gasteiger partial charge in [0.15, 0.2) is 5.75 Å². The first-order valence-corrected chi connectivity index (χ1v) is 8.80. The van der Waals surface area contributed by atoms with Crippen LogP contribution in [-0.4, -0.2) is 25.0 Å². The van der Waals surface area contributed by atoms with Gasteiger partial charge in [-0.15, -0.1) is 10.2 Å². The van der Waals surface area contributed by atoms with Gasteiger partial charge in [-0.3, -0.25) is 14.6 Å². The van der Waals surface area contributed by atoms with Crippen LogP contribution in [0.3, 0.4) is 0 Å². The average molecular weight is 415 g/mol. The molecule has 0 unspecified atom stereocenters. The summed E-state index contributed by atoms with van der Waals surface area (Å²) in [5.41, 5.74) is -1.18. The highest BCUT2D eigenvalue weighted by Crippen LogP contribution is 2.34. The third-order valence-corrected chi connectivity index (χ3v) is 4.31. The number of halogens is 1. The number of aromatic nitrogens is 5. The van der Waals surface area contributed by atoms with Crippen molar-refractivity contribution in [2.75, 3.05) is 0 Å². The number of ether oxygens (including phenoxy) is 1. The fraction of sp³-hybridized carbons (Fsp3) is 0.222. The van der Waals surface area contributed by atoms with Gasteiger partial charge in [0.25, 0.3) is 11.1 Å². The van der Waals surface area contributed by atoms with E-state index in [1.807, 2.05) is 18.8 Å². The molecule has 2 N–H and O–H groups in total. The van der Waals surface area contributed by atoms with Crippen LogP contribution in [0, 0.1) is 18.3 Å². The van der Waals surface area contributed by atoms with E-state index >= 15 is 0 Å². The maximum absolute atomic E-state index is 12.1. The van der Waals surface area contributed by atoms with Crippen molar-refractivity contribution in [3.8, 4) is 23.4 Å². The Morgan fingerprint density at radius 1 is 1.21 bits per heavy atom. The summed E-state index contributed by atoms with van der Waals surface area (Å²) in [5.74, 6) is 0.385. The summed E-state index contributed by atoms with van der Waals surface area (Å²) in [4.78, 5) is 37.4. The van der Waals surface area contributed by atoms with Crippen LogP contribution in [0.1, 0.15) is 36.6 Å². The number of hydrogen-bond acceptors (Lipinski definition) is 7. The van der Waals surface area contributed by atoms with E-state index in [0.717, 1.165) is 4.68 Å². The van der Waals surface area contributed by atoms with E-state index in [1.165, 1.54) is 12.1 Å². The Balaban J connectivity index is 2.05. The molecule has 3 aromatic rings. The summed E-state index contributed by atoms with van der Waals surface area (Å²) in [5, 5.41) is 19.1. The molecule has 1 aromatic carbocycles. The van der Waals surface area contributed by atoms with Crippen molar-refractivity contribution in [3.05, 3.63) is 71.2 Å². The Morgan fingerprint density at radius 3 is 2.55 bits per heavy atom. The van der Waals surface area contributed by atoms with Gasteiger partial charge in [-0.2, -0.15) is 9.94 Å². The molecular weight excluding hydrogens is 400 g/mol. The van der Waals surface area contributed by atoms with Crippen molar-refractivity contribution in [1.82, 2.24) is 25.0 Å². The zero-order valence-corrected chi connectivity index (χ0v) is 16.4. The summed E-state index contributed by atoms with van der Waals surface area (Å²) in [7, 11) is 0. The normalized spacial score (nSPS) is 10.8. The fourth-order valence-corrected chi connectivity index (χ4v) is 2.90. The number of nitrogens with zero attached hydrogens (tertiary/aromatic N) is 4. The van der Waals surface area contributed by atoms with E-state index in [0.29, 0.717) is 11.1 Å². The summed E-state index contributed by atoms with van der Waals surface area (Å²) < 4.78 is 6.60. The summed E-state index contributed by atoms with van der Waals surface area (Å²) in [6, 6.07) is 6.08. The third-order valence-electron chi connectivity index (χ3n) is 4.03. The second-order valence-electron chi connectivity index (χ2n) is 6.45. The van der Waals surface area contributed by atoms with Crippen molar-refractivity contribution < 1.29 is 4.74 Å². The lowest BCUT2D eigenvalue weighted by molar-refractivity contribution is 0.449. The van der Waals surface area contributed by atoms with E-state index in [4.69, 9.17) is 21.6 Å². The predicted octanol–water partition coefficient (Wildman–Crippen LogP) is 1.75. The Hall–Kier alpha value is -3.71. The number of nitriles is 1.